The molecule has 23 heavy (non-hydrogen) atoms. The molecule has 4 nitrogen and oxygen atoms in total. The number of hydrogen-bond acceptors (Lipinski definition) is 4. The molecule has 2 unspecified atom stereocenters. The Morgan fingerprint density at radius 2 is 2.30 bits per heavy atom. The first-order valence-corrected chi connectivity index (χ1v) is 9.09. The van der Waals surface area contributed by atoms with Crippen LogP contribution in [0.15, 0.2) is 30.5 Å². The Morgan fingerprint density at radius 1 is 1.48 bits per heavy atom. The predicted molar refractivity (Wildman–Crippen MR) is 95.2 cm³/mol. The number of nitrogens with one attached hydrogen (secondary N) is 2. The number of nitrogens with zero attached hydrogens (tertiary/aromatic N) is 1. The van der Waals surface area contributed by atoms with Gasteiger partial charge in [0.1, 0.15) is 0 Å². The fraction of sp³-hybridized carbons (Fsp3) is 0.412. The van der Waals surface area contributed by atoms with Gasteiger partial charge in [-0.3, -0.25) is 4.79 Å². The number of carbonyl (C=O) groups is 1. The van der Waals surface area contributed by atoms with Crippen LogP contribution in [0.25, 0.3) is 0 Å². The second-order valence-corrected chi connectivity index (χ2v) is 7.28. The summed E-state index contributed by atoms with van der Waals surface area (Å²) < 4.78 is 0. The van der Waals surface area contributed by atoms with Gasteiger partial charge in [-0.05, 0) is 31.0 Å². The van der Waals surface area contributed by atoms with Gasteiger partial charge in [-0.2, -0.15) is 0 Å². The molecule has 3 rings (SSSR count). The van der Waals surface area contributed by atoms with Crippen molar-refractivity contribution < 1.29 is 4.79 Å². The van der Waals surface area contributed by atoms with Crippen LogP contribution in [-0.2, 0) is 11.2 Å². The molecule has 122 valence electrons. The molecule has 1 aromatic heterocycles. The standard InChI is InChI=1S/C17H20ClN3OS/c1-2-15-13(7-8-19-15)16(22)21-17-20-10-12(23-17)9-11-5-3-4-6-14(11)18/h3-6,10,13,15,19H,2,7-9H2,1H3,(H,20,21,22). The average molecular weight is 350 g/mol. The molecule has 0 radical (unpaired) electrons. The van der Waals surface area contributed by atoms with Crippen molar-refractivity contribution in [2.24, 2.45) is 5.92 Å². The lowest BCUT2D eigenvalue weighted by atomic mass is 9.98. The van der Waals surface area contributed by atoms with Crippen molar-refractivity contribution in [2.75, 3.05) is 11.9 Å². The van der Waals surface area contributed by atoms with Gasteiger partial charge in [0.15, 0.2) is 5.13 Å². The summed E-state index contributed by atoms with van der Waals surface area (Å²) in [5.41, 5.74) is 1.07. The van der Waals surface area contributed by atoms with Crippen molar-refractivity contribution in [1.82, 2.24) is 10.3 Å². The van der Waals surface area contributed by atoms with E-state index in [4.69, 9.17) is 11.6 Å². The van der Waals surface area contributed by atoms with Crippen LogP contribution in [0.2, 0.25) is 5.02 Å². The van der Waals surface area contributed by atoms with Crippen LogP contribution < -0.4 is 10.6 Å². The van der Waals surface area contributed by atoms with Crippen LogP contribution in [0.3, 0.4) is 0 Å². The minimum absolute atomic E-state index is 0.0379. The van der Waals surface area contributed by atoms with Crippen molar-refractivity contribution in [1.29, 1.82) is 0 Å². The van der Waals surface area contributed by atoms with Gasteiger partial charge in [0.2, 0.25) is 5.91 Å². The maximum Gasteiger partial charge on any atom is 0.230 e. The van der Waals surface area contributed by atoms with Gasteiger partial charge in [0.25, 0.3) is 0 Å². The van der Waals surface area contributed by atoms with E-state index < -0.39 is 0 Å². The molecule has 0 saturated carbocycles. The largest absolute Gasteiger partial charge is 0.313 e. The number of anilines is 1. The zero-order valence-electron chi connectivity index (χ0n) is 13.0. The SMILES string of the molecule is CCC1NCCC1C(=O)Nc1ncc(Cc2ccccc2Cl)s1. The molecule has 1 amide bonds. The van der Waals surface area contributed by atoms with E-state index in [-0.39, 0.29) is 17.9 Å². The van der Waals surface area contributed by atoms with Crippen LogP contribution in [0.5, 0.6) is 0 Å². The first-order chi connectivity index (χ1) is 11.2. The van der Waals surface area contributed by atoms with Crippen molar-refractivity contribution in [2.45, 2.75) is 32.2 Å². The van der Waals surface area contributed by atoms with E-state index in [1.807, 2.05) is 30.5 Å². The van der Waals surface area contributed by atoms with Gasteiger partial charge < -0.3 is 10.6 Å². The topological polar surface area (TPSA) is 54.0 Å². The lowest BCUT2D eigenvalue weighted by molar-refractivity contribution is -0.120. The van der Waals surface area contributed by atoms with Crippen molar-refractivity contribution >= 4 is 34.0 Å². The zero-order valence-corrected chi connectivity index (χ0v) is 14.6. The van der Waals surface area contributed by atoms with Gasteiger partial charge in [0, 0.05) is 28.6 Å². The van der Waals surface area contributed by atoms with E-state index in [0.29, 0.717) is 5.13 Å². The fourth-order valence-electron chi connectivity index (χ4n) is 2.98. The van der Waals surface area contributed by atoms with E-state index in [9.17, 15) is 4.79 Å². The first kappa shape index (κ1) is 16.4. The minimum Gasteiger partial charge on any atom is -0.313 e. The summed E-state index contributed by atoms with van der Waals surface area (Å²) in [6.07, 6.45) is 4.40. The average Bonchev–Trinajstić information content (AvgIpc) is 3.18. The molecule has 2 N–H and O–H groups in total. The molecular weight excluding hydrogens is 330 g/mol. The molecule has 0 spiro atoms. The van der Waals surface area contributed by atoms with E-state index in [0.717, 1.165) is 41.3 Å². The smallest absolute Gasteiger partial charge is 0.230 e. The molecule has 1 aromatic carbocycles. The molecular formula is C17H20ClN3OS. The summed E-state index contributed by atoms with van der Waals surface area (Å²) in [7, 11) is 0. The van der Waals surface area contributed by atoms with Crippen LogP contribution in [-0.4, -0.2) is 23.5 Å². The monoisotopic (exact) mass is 349 g/mol. The highest BCUT2D eigenvalue weighted by molar-refractivity contribution is 7.15. The quantitative estimate of drug-likeness (QED) is 0.865. The highest BCUT2D eigenvalue weighted by atomic mass is 35.5. The van der Waals surface area contributed by atoms with Gasteiger partial charge in [-0.1, -0.05) is 36.7 Å². The minimum atomic E-state index is 0.0379. The molecule has 1 saturated heterocycles. The second-order valence-electron chi connectivity index (χ2n) is 5.75. The third-order valence-corrected chi connectivity index (χ3v) is 5.51. The van der Waals surface area contributed by atoms with Crippen LogP contribution >= 0.6 is 22.9 Å². The maximum absolute atomic E-state index is 12.4. The molecule has 1 aliphatic rings. The number of aromatic nitrogens is 1. The van der Waals surface area contributed by atoms with Crippen LogP contribution in [0, 0.1) is 5.92 Å². The molecule has 0 bridgehead atoms. The number of carbonyl (C=O) groups excluding carboxylic acids is 1. The normalized spacial score (nSPS) is 20.6. The van der Waals surface area contributed by atoms with E-state index in [2.05, 4.69) is 22.5 Å². The third-order valence-electron chi connectivity index (χ3n) is 4.23. The summed E-state index contributed by atoms with van der Waals surface area (Å²) in [5, 5.41) is 7.76. The number of rotatable bonds is 5. The summed E-state index contributed by atoms with van der Waals surface area (Å²) in [6, 6.07) is 8.07. The van der Waals surface area contributed by atoms with Crippen molar-refractivity contribution in [3.05, 3.63) is 45.9 Å². The van der Waals surface area contributed by atoms with Crippen LogP contribution in [0.4, 0.5) is 5.13 Å². The molecule has 1 fully saturated rings. The molecule has 6 heteroatoms. The highest BCUT2D eigenvalue weighted by Crippen LogP contribution is 2.26. The van der Waals surface area contributed by atoms with Gasteiger partial charge >= 0.3 is 0 Å². The fourth-order valence-corrected chi connectivity index (χ4v) is 4.03. The Hall–Kier alpha value is -1.43. The number of thiazole rings is 1. The molecule has 2 heterocycles. The third kappa shape index (κ3) is 3.91. The second kappa shape index (κ2) is 7.43. The number of hydrogen-bond donors (Lipinski definition) is 2. The number of amides is 1. The summed E-state index contributed by atoms with van der Waals surface area (Å²) in [4.78, 5) is 17.8. The lowest BCUT2D eigenvalue weighted by Crippen LogP contribution is -2.33. The Labute approximate surface area is 145 Å². The molecule has 2 aromatic rings. The summed E-state index contributed by atoms with van der Waals surface area (Å²) >= 11 is 7.70. The number of benzene rings is 1. The Kier molecular flexibility index (Phi) is 5.30. The van der Waals surface area contributed by atoms with Gasteiger partial charge in [-0.15, -0.1) is 11.3 Å². The van der Waals surface area contributed by atoms with E-state index in [1.165, 1.54) is 11.3 Å². The van der Waals surface area contributed by atoms with E-state index in [1.54, 1.807) is 0 Å². The van der Waals surface area contributed by atoms with Gasteiger partial charge in [0.05, 0.1) is 5.92 Å². The Morgan fingerprint density at radius 3 is 3.09 bits per heavy atom. The Bertz CT molecular complexity index is 688. The predicted octanol–water partition coefficient (Wildman–Crippen LogP) is 3.71. The van der Waals surface area contributed by atoms with Crippen LogP contribution in [0.1, 0.15) is 30.2 Å². The zero-order chi connectivity index (χ0) is 16.2. The van der Waals surface area contributed by atoms with Gasteiger partial charge in [-0.25, -0.2) is 4.98 Å². The summed E-state index contributed by atoms with van der Waals surface area (Å²) in [5.74, 6) is 0.108. The number of halogens is 1. The first-order valence-electron chi connectivity index (χ1n) is 7.89. The molecule has 0 aliphatic carbocycles. The Balaban J connectivity index is 1.63. The lowest BCUT2D eigenvalue weighted by Gasteiger charge is -2.16. The van der Waals surface area contributed by atoms with E-state index >= 15 is 0 Å². The maximum atomic E-state index is 12.4. The van der Waals surface area contributed by atoms with Crippen molar-refractivity contribution in [3.63, 3.8) is 0 Å². The summed E-state index contributed by atoms with van der Waals surface area (Å²) in [6.45, 7) is 3.01. The van der Waals surface area contributed by atoms with Crippen molar-refractivity contribution in [3.8, 4) is 0 Å². The molecule has 1 aliphatic heterocycles. The molecule has 2 atom stereocenters. The highest BCUT2D eigenvalue weighted by Gasteiger charge is 2.31.